The van der Waals surface area contributed by atoms with E-state index in [1.54, 1.807) is 13.0 Å². The summed E-state index contributed by atoms with van der Waals surface area (Å²) in [5.74, 6) is 0.200. The third-order valence-electron chi connectivity index (χ3n) is 2.85. The zero-order valence-corrected chi connectivity index (χ0v) is 12.7. The van der Waals surface area contributed by atoms with Gasteiger partial charge in [0.25, 0.3) is 5.91 Å². The molecular formula is C14H18F3NO4. The van der Waals surface area contributed by atoms with Crippen molar-refractivity contribution in [3.05, 3.63) is 17.7 Å². The average molecular weight is 321 g/mol. The quantitative estimate of drug-likeness (QED) is 0.875. The van der Waals surface area contributed by atoms with E-state index in [1.807, 2.05) is 0 Å². The molecule has 0 aliphatic carbocycles. The van der Waals surface area contributed by atoms with Gasteiger partial charge in [-0.25, -0.2) is 0 Å². The summed E-state index contributed by atoms with van der Waals surface area (Å²) in [6.45, 7) is 1.49. The molecule has 1 aromatic carbocycles. The molecule has 0 fully saturated rings. The van der Waals surface area contributed by atoms with Gasteiger partial charge in [0.2, 0.25) is 0 Å². The summed E-state index contributed by atoms with van der Waals surface area (Å²) in [6.07, 6.45) is -5.72. The normalized spacial score (nSPS) is 12.7. The molecule has 0 aromatic heterocycles. The SMILES string of the molecule is COc1cc(C)c(NC(=O)C(C)OCC(F)(F)F)cc1OC. The molecule has 0 heterocycles. The molecule has 124 valence electrons. The molecule has 5 nitrogen and oxygen atoms in total. The molecule has 0 radical (unpaired) electrons. The van der Waals surface area contributed by atoms with Gasteiger partial charge in [0.05, 0.1) is 14.2 Å². The number of nitrogens with one attached hydrogen (secondary N) is 1. The van der Waals surface area contributed by atoms with Crippen molar-refractivity contribution >= 4 is 11.6 Å². The van der Waals surface area contributed by atoms with Gasteiger partial charge in [-0.05, 0) is 25.5 Å². The monoisotopic (exact) mass is 321 g/mol. The van der Waals surface area contributed by atoms with E-state index in [4.69, 9.17) is 9.47 Å². The molecule has 0 aliphatic rings. The highest BCUT2D eigenvalue weighted by Gasteiger charge is 2.30. The Balaban J connectivity index is 2.79. The standard InChI is InChI=1S/C14H18F3NO4/c1-8-5-11(20-3)12(21-4)6-10(8)18-13(19)9(2)22-7-14(15,16)17/h5-6,9H,7H2,1-4H3,(H,18,19). The van der Waals surface area contributed by atoms with E-state index < -0.39 is 24.8 Å². The molecule has 1 N–H and O–H groups in total. The molecular weight excluding hydrogens is 303 g/mol. The Morgan fingerprint density at radius 2 is 1.77 bits per heavy atom. The summed E-state index contributed by atoms with van der Waals surface area (Å²) in [6, 6.07) is 3.18. The van der Waals surface area contributed by atoms with Crippen LogP contribution >= 0.6 is 0 Å². The molecule has 22 heavy (non-hydrogen) atoms. The first-order valence-corrected chi connectivity index (χ1v) is 6.39. The number of amides is 1. The van der Waals surface area contributed by atoms with Crippen LogP contribution in [0, 0.1) is 6.92 Å². The van der Waals surface area contributed by atoms with Crippen LogP contribution < -0.4 is 14.8 Å². The molecule has 0 saturated heterocycles. The zero-order valence-electron chi connectivity index (χ0n) is 12.7. The topological polar surface area (TPSA) is 56.8 Å². The molecule has 1 atom stereocenters. The summed E-state index contributed by atoms with van der Waals surface area (Å²) in [4.78, 5) is 11.9. The van der Waals surface area contributed by atoms with E-state index in [0.717, 1.165) is 0 Å². The second-order valence-corrected chi connectivity index (χ2v) is 4.58. The van der Waals surface area contributed by atoms with E-state index in [0.29, 0.717) is 22.7 Å². The molecule has 1 aromatic rings. The van der Waals surface area contributed by atoms with Crippen LogP contribution in [0.15, 0.2) is 12.1 Å². The second kappa shape index (κ2) is 7.35. The van der Waals surface area contributed by atoms with E-state index in [9.17, 15) is 18.0 Å². The smallest absolute Gasteiger partial charge is 0.411 e. The van der Waals surface area contributed by atoms with Crippen molar-refractivity contribution in [3.63, 3.8) is 0 Å². The Hall–Kier alpha value is -1.96. The van der Waals surface area contributed by atoms with Gasteiger partial charge in [0.15, 0.2) is 11.5 Å². The maximum atomic E-state index is 12.1. The fourth-order valence-electron chi connectivity index (χ4n) is 1.64. The van der Waals surface area contributed by atoms with Crippen molar-refractivity contribution in [2.45, 2.75) is 26.1 Å². The maximum Gasteiger partial charge on any atom is 0.411 e. The highest BCUT2D eigenvalue weighted by Crippen LogP contribution is 2.33. The lowest BCUT2D eigenvalue weighted by molar-refractivity contribution is -0.184. The van der Waals surface area contributed by atoms with Gasteiger partial charge in [-0.3, -0.25) is 4.79 Å². The predicted molar refractivity (Wildman–Crippen MR) is 74.4 cm³/mol. The number of hydrogen-bond donors (Lipinski definition) is 1. The molecule has 1 rings (SSSR count). The Morgan fingerprint density at radius 3 is 2.27 bits per heavy atom. The van der Waals surface area contributed by atoms with Gasteiger partial charge >= 0.3 is 6.18 Å². The first-order chi connectivity index (χ1) is 10.2. The average Bonchev–Trinajstić information content (AvgIpc) is 2.45. The number of anilines is 1. The fourth-order valence-corrected chi connectivity index (χ4v) is 1.64. The van der Waals surface area contributed by atoms with Crippen LogP contribution in [-0.4, -0.2) is 39.0 Å². The molecule has 0 aliphatic heterocycles. The van der Waals surface area contributed by atoms with Crippen LogP contribution in [0.3, 0.4) is 0 Å². The van der Waals surface area contributed by atoms with E-state index in [2.05, 4.69) is 10.1 Å². The summed E-state index contributed by atoms with van der Waals surface area (Å²) < 4.78 is 50.9. The van der Waals surface area contributed by atoms with Gasteiger partial charge in [0.1, 0.15) is 12.7 Å². The van der Waals surface area contributed by atoms with Gasteiger partial charge in [-0.1, -0.05) is 0 Å². The maximum absolute atomic E-state index is 12.1. The van der Waals surface area contributed by atoms with Gasteiger partial charge < -0.3 is 19.5 Å². The lowest BCUT2D eigenvalue weighted by Gasteiger charge is -2.17. The summed E-state index contributed by atoms with van der Waals surface area (Å²) in [7, 11) is 2.91. The summed E-state index contributed by atoms with van der Waals surface area (Å²) >= 11 is 0. The molecule has 8 heteroatoms. The van der Waals surface area contributed by atoms with Crippen LogP contribution in [-0.2, 0) is 9.53 Å². The van der Waals surface area contributed by atoms with Gasteiger partial charge in [0, 0.05) is 11.8 Å². The molecule has 1 amide bonds. The molecule has 1 unspecified atom stereocenters. The largest absolute Gasteiger partial charge is 0.493 e. The van der Waals surface area contributed by atoms with E-state index in [-0.39, 0.29) is 0 Å². The van der Waals surface area contributed by atoms with Crippen LogP contribution in [0.4, 0.5) is 18.9 Å². The Morgan fingerprint density at radius 1 is 1.23 bits per heavy atom. The van der Waals surface area contributed by atoms with Crippen molar-refractivity contribution in [2.24, 2.45) is 0 Å². The third-order valence-corrected chi connectivity index (χ3v) is 2.85. The van der Waals surface area contributed by atoms with Crippen LogP contribution in [0.2, 0.25) is 0 Å². The highest BCUT2D eigenvalue weighted by molar-refractivity contribution is 5.95. The number of halogens is 3. The number of methoxy groups -OCH3 is 2. The van der Waals surface area contributed by atoms with Crippen molar-refractivity contribution in [1.82, 2.24) is 0 Å². The van der Waals surface area contributed by atoms with Crippen LogP contribution in [0.5, 0.6) is 11.5 Å². The van der Waals surface area contributed by atoms with Crippen molar-refractivity contribution in [2.75, 3.05) is 26.1 Å². The summed E-state index contributed by atoms with van der Waals surface area (Å²) in [5.41, 5.74) is 1.08. The van der Waals surface area contributed by atoms with Gasteiger partial charge in [-0.15, -0.1) is 0 Å². The molecule has 0 spiro atoms. The number of aryl methyl sites for hydroxylation is 1. The molecule has 0 saturated carbocycles. The second-order valence-electron chi connectivity index (χ2n) is 4.58. The number of carbonyl (C=O) groups excluding carboxylic acids is 1. The fraction of sp³-hybridized carbons (Fsp3) is 0.500. The lowest BCUT2D eigenvalue weighted by atomic mass is 10.1. The minimum atomic E-state index is -4.48. The first-order valence-electron chi connectivity index (χ1n) is 6.39. The predicted octanol–water partition coefficient (Wildman–Crippen LogP) is 2.92. The molecule has 0 bridgehead atoms. The number of rotatable bonds is 6. The van der Waals surface area contributed by atoms with Crippen molar-refractivity contribution in [1.29, 1.82) is 0 Å². The number of benzene rings is 1. The number of alkyl halides is 3. The Kier molecular flexibility index (Phi) is 6.04. The minimum absolute atomic E-state index is 0.396. The van der Waals surface area contributed by atoms with Crippen molar-refractivity contribution < 1.29 is 32.2 Å². The number of hydrogen-bond acceptors (Lipinski definition) is 4. The van der Waals surface area contributed by atoms with Gasteiger partial charge in [-0.2, -0.15) is 13.2 Å². The Bertz CT molecular complexity index is 532. The van der Waals surface area contributed by atoms with Crippen LogP contribution in [0.1, 0.15) is 12.5 Å². The summed E-state index contributed by atoms with van der Waals surface area (Å²) in [5, 5.41) is 2.51. The number of ether oxygens (including phenoxy) is 3. The first kappa shape index (κ1) is 18.1. The van der Waals surface area contributed by atoms with E-state index >= 15 is 0 Å². The third kappa shape index (κ3) is 5.10. The Labute approximate surface area is 126 Å². The zero-order chi connectivity index (χ0) is 16.9. The highest BCUT2D eigenvalue weighted by atomic mass is 19.4. The van der Waals surface area contributed by atoms with Crippen molar-refractivity contribution in [3.8, 4) is 11.5 Å². The minimum Gasteiger partial charge on any atom is -0.493 e. The van der Waals surface area contributed by atoms with E-state index in [1.165, 1.54) is 27.2 Å². The lowest BCUT2D eigenvalue weighted by Crippen LogP contribution is -2.31. The van der Waals surface area contributed by atoms with Crippen LogP contribution in [0.25, 0.3) is 0 Å². The number of carbonyl (C=O) groups is 1.